The number of nitrogens with two attached hydrogens (primary N) is 1. The first-order valence-corrected chi connectivity index (χ1v) is 6.02. The molecular weight excluding hydrogens is 232 g/mol. The molecule has 0 spiro atoms. The van der Waals surface area contributed by atoms with Gasteiger partial charge in [0, 0.05) is 12.8 Å². The van der Waals surface area contributed by atoms with Crippen LogP contribution in [0.2, 0.25) is 0 Å². The lowest BCUT2D eigenvalue weighted by molar-refractivity contribution is 0.0232. The summed E-state index contributed by atoms with van der Waals surface area (Å²) < 4.78 is 11.1. The van der Waals surface area contributed by atoms with Crippen LogP contribution in [-0.4, -0.2) is 35.4 Å². The van der Waals surface area contributed by atoms with Crippen molar-refractivity contribution in [2.24, 2.45) is 5.73 Å². The van der Waals surface area contributed by atoms with Crippen LogP contribution in [0.15, 0.2) is 0 Å². The second-order valence-electron chi connectivity index (χ2n) is 4.43. The van der Waals surface area contributed by atoms with Crippen LogP contribution >= 0.6 is 0 Å². The summed E-state index contributed by atoms with van der Waals surface area (Å²) in [5.74, 6) is 0.324. The van der Waals surface area contributed by atoms with Crippen molar-refractivity contribution in [3.63, 3.8) is 0 Å². The van der Waals surface area contributed by atoms with Gasteiger partial charge in [0.1, 0.15) is 11.9 Å². The number of ether oxygens (including phenoxy) is 2. The van der Waals surface area contributed by atoms with E-state index in [2.05, 4.69) is 10.2 Å². The Hall–Kier alpha value is -1.69. The van der Waals surface area contributed by atoms with Crippen LogP contribution < -0.4 is 10.5 Å². The van der Waals surface area contributed by atoms with E-state index in [0.717, 1.165) is 24.1 Å². The molecule has 18 heavy (non-hydrogen) atoms. The molecule has 1 saturated heterocycles. The highest BCUT2D eigenvalue weighted by molar-refractivity contribution is 5.98. The summed E-state index contributed by atoms with van der Waals surface area (Å²) in [6, 6.07) is 0. The van der Waals surface area contributed by atoms with E-state index >= 15 is 0 Å². The average molecular weight is 250 g/mol. The third-order valence-electron chi connectivity index (χ3n) is 3.14. The number of nitrogens with zero attached hydrogens (tertiary/aromatic N) is 2. The van der Waals surface area contributed by atoms with Crippen molar-refractivity contribution in [2.75, 3.05) is 13.2 Å². The van der Waals surface area contributed by atoms with Crippen LogP contribution in [0, 0.1) is 19.3 Å². The summed E-state index contributed by atoms with van der Waals surface area (Å²) in [6.45, 7) is 5.10. The number of aromatic nitrogens is 2. The maximum Gasteiger partial charge on any atom is 0.245 e. The van der Waals surface area contributed by atoms with Crippen molar-refractivity contribution in [1.82, 2.24) is 10.2 Å². The Balaban J connectivity index is 2.26. The lowest BCUT2D eigenvalue weighted by Crippen LogP contribution is -2.28. The first kappa shape index (κ1) is 12.8. The molecule has 1 aromatic heterocycles. The Bertz CT molecular complexity index is 456. The topological polar surface area (TPSA) is 94.1 Å². The van der Waals surface area contributed by atoms with Gasteiger partial charge in [0.05, 0.1) is 24.5 Å². The second-order valence-corrected chi connectivity index (χ2v) is 4.43. The molecule has 0 aromatic carbocycles. The summed E-state index contributed by atoms with van der Waals surface area (Å²) in [5, 5.41) is 15.7. The molecule has 6 heteroatoms. The largest absolute Gasteiger partial charge is 0.473 e. The Kier molecular flexibility index (Phi) is 3.76. The molecule has 2 heterocycles. The Morgan fingerprint density at radius 2 is 2.00 bits per heavy atom. The number of nitrogen functional groups attached to an aromatic ring is 1. The van der Waals surface area contributed by atoms with Gasteiger partial charge in [-0.15, -0.1) is 5.10 Å². The number of amidine groups is 1. The van der Waals surface area contributed by atoms with Gasteiger partial charge in [-0.1, -0.05) is 0 Å². The van der Waals surface area contributed by atoms with Crippen molar-refractivity contribution in [3.05, 3.63) is 16.8 Å². The zero-order chi connectivity index (χ0) is 13.1. The normalized spacial score (nSPS) is 16.6. The highest BCUT2D eigenvalue weighted by atomic mass is 16.5. The minimum atomic E-state index is -0.0347. The van der Waals surface area contributed by atoms with Gasteiger partial charge >= 0.3 is 0 Å². The lowest BCUT2D eigenvalue weighted by atomic mass is 10.1. The number of hydrogen-bond acceptors (Lipinski definition) is 5. The standard InChI is InChI=1S/C12H18N4O2/c1-7-8(2)15-16-12(10(7)11(13)14)18-9-3-5-17-6-4-9/h9H,3-6H2,1-2H3,(H3,13,14). The van der Waals surface area contributed by atoms with Gasteiger partial charge in [-0.25, -0.2) is 0 Å². The molecule has 0 aliphatic carbocycles. The van der Waals surface area contributed by atoms with E-state index in [1.165, 1.54) is 0 Å². The predicted octanol–water partition coefficient (Wildman–Crippen LogP) is 0.935. The molecular formula is C12H18N4O2. The molecule has 0 amide bonds. The van der Waals surface area contributed by atoms with Crippen LogP contribution in [0.25, 0.3) is 0 Å². The Labute approximate surface area is 106 Å². The molecule has 0 atom stereocenters. The molecule has 1 aromatic rings. The first-order valence-electron chi connectivity index (χ1n) is 6.02. The lowest BCUT2D eigenvalue weighted by Gasteiger charge is -2.23. The molecule has 0 bridgehead atoms. The van der Waals surface area contributed by atoms with Crippen LogP contribution in [0.1, 0.15) is 29.7 Å². The molecule has 0 unspecified atom stereocenters. The fourth-order valence-corrected chi connectivity index (χ4v) is 1.94. The molecule has 2 rings (SSSR count). The SMILES string of the molecule is Cc1nnc(OC2CCOCC2)c(C(=N)N)c1C. The molecule has 1 fully saturated rings. The number of hydrogen-bond donors (Lipinski definition) is 2. The van der Waals surface area contributed by atoms with E-state index in [0.29, 0.717) is 24.7 Å². The zero-order valence-electron chi connectivity index (χ0n) is 10.7. The second kappa shape index (κ2) is 5.30. The molecule has 0 radical (unpaired) electrons. The summed E-state index contributed by atoms with van der Waals surface area (Å²) in [6.07, 6.45) is 1.71. The molecule has 1 aliphatic heterocycles. The quantitative estimate of drug-likeness (QED) is 0.615. The molecule has 0 saturated carbocycles. The summed E-state index contributed by atoms with van der Waals surface area (Å²) >= 11 is 0. The first-order chi connectivity index (χ1) is 8.59. The van der Waals surface area contributed by atoms with Gasteiger partial charge in [-0.05, 0) is 19.4 Å². The van der Waals surface area contributed by atoms with E-state index in [9.17, 15) is 0 Å². The summed E-state index contributed by atoms with van der Waals surface area (Å²) in [5.41, 5.74) is 7.76. The fourth-order valence-electron chi connectivity index (χ4n) is 1.94. The van der Waals surface area contributed by atoms with Crippen molar-refractivity contribution < 1.29 is 9.47 Å². The Morgan fingerprint density at radius 1 is 1.33 bits per heavy atom. The Morgan fingerprint density at radius 3 is 2.61 bits per heavy atom. The van der Waals surface area contributed by atoms with E-state index in [-0.39, 0.29) is 11.9 Å². The zero-order valence-corrected chi connectivity index (χ0v) is 10.7. The van der Waals surface area contributed by atoms with Gasteiger partial charge < -0.3 is 15.2 Å². The number of nitrogens with one attached hydrogen (secondary N) is 1. The molecule has 98 valence electrons. The highest BCUT2D eigenvalue weighted by Crippen LogP contribution is 2.23. The van der Waals surface area contributed by atoms with Crippen LogP contribution in [0.5, 0.6) is 5.88 Å². The summed E-state index contributed by atoms with van der Waals surface area (Å²) in [7, 11) is 0. The van der Waals surface area contributed by atoms with E-state index in [1.807, 2.05) is 13.8 Å². The van der Waals surface area contributed by atoms with Crippen molar-refractivity contribution in [2.45, 2.75) is 32.8 Å². The number of aryl methyl sites for hydroxylation is 1. The van der Waals surface area contributed by atoms with E-state index < -0.39 is 0 Å². The molecule has 1 aliphatic rings. The molecule has 6 nitrogen and oxygen atoms in total. The third kappa shape index (κ3) is 2.59. The van der Waals surface area contributed by atoms with E-state index in [4.69, 9.17) is 20.6 Å². The number of rotatable bonds is 3. The highest BCUT2D eigenvalue weighted by Gasteiger charge is 2.21. The van der Waals surface area contributed by atoms with Gasteiger partial charge in [-0.2, -0.15) is 5.10 Å². The van der Waals surface area contributed by atoms with Crippen LogP contribution in [0.4, 0.5) is 0 Å². The minimum Gasteiger partial charge on any atom is -0.473 e. The fraction of sp³-hybridized carbons (Fsp3) is 0.583. The van der Waals surface area contributed by atoms with Crippen LogP contribution in [0.3, 0.4) is 0 Å². The van der Waals surface area contributed by atoms with Gasteiger partial charge in [0.2, 0.25) is 5.88 Å². The maximum atomic E-state index is 7.64. The van der Waals surface area contributed by atoms with Gasteiger partial charge in [0.25, 0.3) is 0 Å². The van der Waals surface area contributed by atoms with Crippen molar-refractivity contribution >= 4 is 5.84 Å². The van der Waals surface area contributed by atoms with Crippen molar-refractivity contribution in [1.29, 1.82) is 5.41 Å². The minimum absolute atomic E-state index is 0.0347. The van der Waals surface area contributed by atoms with E-state index in [1.54, 1.807) is 0 Å². The van der Waals surface area contributed by atoms with Gasteiger partial charge in [0.15, 0.2) is 0 Å². The van der Waals surface area contributed by atoms with Crippen LogP contribution in [-0.2, 0) is 4.74 Å². The molecule has 3 N–H and O–H groups in total. The smallest absolute Gasteiger partial charge is 0.245 e. The average Bonchev–Trinajstić information content (AvgIpc) is 2.35. The third-order valence-corrected chi connectivity index (χ3v) is 3.14. The predicted molar refractivity (Wildman–Crippen MR) is 67.0 cm³/mol. The maximum absolute atomic E-state index is 7.64. The summed E-state index contributed by atoms with van der Waals surface area (Å²) in [4.78, 5) is 0. The van der Waals surface area contributed by atoms with Gasteiger partial charge in [-0.3, -0.25) is 5.41 Å². The van der Waals surface area contributed by atoms with Crippen molar-refractivity contribution in [3.8, 4) is 5.88 Å². The monoisotopic (exact) mass is 250 g/mol.